The standard InChI is InChI=1S/C26H22ClN3O5S/c1-35-25-14-12-19(27)15-23(25)30(36(33,34)20-8-3-2-4-9-20)17-26(32)29-28-16-22-21-10-6-5-7-18(21)11-13-24(22)31/h2-16,31H,17H2,1H3,(H,29,32)/b28-16-. The smallest absolute Gasteiger partial charge is 0.264 e. The van der Waals surface area contributed by atoms with E-state index >= 15 is 0 Å². The van der Waals surface area contributed by atoms with Crippen LogP contribution in [0.1, 0.15) is 5.56 Å². The topological polar surface area (TPSA) is 108 Å². The molecule has 0 heterocycles. The maximum absolute atomic E-state index is 13.5. The minimum absolute atomic E-state index is 0.0102. The van der Waals surface area contributed by atoms with Gasteiger partial charge in [0.1, 0.15) is 18.0 Å². The number of carbonyl (C=O) groups is 1. The molecule has 0 saturated carbocycles. The zero-order valence-electron chi connectivity index (χ0n) is 19.1. The zero-order valence-corrected chi connectivity index (χ0v) is 20.7. The van der Waals surface area contributed by atoms with Crippen LogP contribution in [0.25, 0.3) is 10.8 Å². The molecule has 4 aromatic rings. The number of halogens is 1. The van der Waals surface area contributed by atoms with E-state index in [4.69, 9.17) is 16.3 Å². The molecule has 36 heavy (non-hydrogen) atoms. The van der Waals surface area contributed by atoms with Gasteiger partial charge in [-0.15, -0.1) is 0 Å². The molecular formula is C26H22ClN3O5S. The highest BCUT2D eigenvalue weighted by Crippen LogP contribution is 2.34. The lowest BCUT2D eigenvalue weighted by atomic mass is 10.0. The van der Waals surface area contributed by atoms with E-state index < -0.39 is 22.5 Å². The molecule has 10 heteroatoms. The van der Waals surface area contributed by atoms with Crippen molar-refractivity contribution in [1.29, 1.82) is 0 Å². The van der Waals surface area contributed by atoms with Crippen molar-refractivity contribution in [2.75, 3.05) is 18.0 Å². The summed E-state index contributed by atoms with van der Waals surface area (Å²) in [7, 11) is -2.78. The van der Waals surface area contributed by atoms with Crippen molar-refractivity contribution in [2.45, 2.75) is 4.90 Å². The molecule has 184 valence electrons. The Bertz CT molecular complexity index is 1540. The molecule has 0 atom stereocenters. The lowest BCUT2D eigenvalue weighted by molar-refractivity contribution is -0.119. The number of fused-ring (bicyclic) bond motifs is 1. The van der Waals surface area contributed by atoms with Crippen LogP contribution in [-0.2, 0) is 14.8 Å². The first kappa shape index (κ1) is 25.0. The van der Waals surface area contributed by atoms with Crippen LogP contribution >= 0.6 is 11.6 Å². The lowest BCUT2D eigenvalue weighted by Gasteiger charge is -2.25. The van der Waals surface area contributed by atoms with Crippen molar-refractivity contribution in [3.63, 3.8) is 0 Å². The summed E-state index contributed by atoms with van der Waals surface area (Å²) in [6.07, 6.45) is 1.31. The Morgan fingerprint density at radius 2 is 1.78 bits per heavy atom. The predicted octanol–water partition coefficient (Wildman–Crippen LogP) is 4.55. The van der Waals surface area contributed by atoms with Crippen molar-refractivity contribution in [3.05, 3.63) is 95.5 Å². The molecule has 0 aromatic heterocycles. The van der Waals surface area contributed by atoms with Crippen molar-refractivity contribution in [2.24, 2.45) is 5.10 Å². The number of benzene rings is 4. The van der Waals surface area contributed by atoms with E-state index in [9.17, 15) is 18.3 Å². The molecule has 0 aliphatic heterocycles. The second-order valence-corrected chi connectivity index (χ2v) is 9.95. The highest BCUT2D eigenvalue weighted by molar-refractivity contribution is 7.92. The summed E-state index contributed by atoms with van der Waals surface area (Å²) in [5.74, 6) is -0.507. The molecule has 0 aliphatic rings. The SMILES string of the molecule is COc1ccc(Cl)cc1N(CC(=O)N/N=C\c1c(O)ccc2ccccc12)S(=O)(=O)c1ccccc1. The van der Waals surface area contributed by atoms with Gasteiger partial charge >= 0.3 is 0 Å². The molecule has 0 aliphatic carbocycles. The van der Waals surface area contributed by atoms with Gasteiger partial charge in [0.2, 0.25) is 0 Å². The number of aromatic hydroxyl groups is 1. The molecule has 0 fully saturated rings. The van der Waals surface area contributed by atoms with Crippen LogP contribution < -0.4 is 14.5 Å². The Kier molecular flexibility index (Phi) is 7.42. The number of nitrogens with zero attached hydrogens (tertiary/aromatic N) is 2. The molecule has 4 rings (SSSR count). The van der Waals surface area contributed by atoms with Crippen LogP contribution in [-0.4, -0.2) is 39.3 Å². The third-order valence-corrected chi connectivity index (χ3v) is 7.37. The first-order valence-electron chi connectivity index (χ1n) is 10.7. The number of anilines is 1. The minimum atomic E-state index is -4.17. The first-order chi connectivity index (χ1) is 17.3. The fourth-order valence-electron chi connectivity index (χ4n) is 3.63. The number of phenols is 1. The summed E-state index contributed by atoms with van der Waals surface area (Å²) in [6, 6.07) is 22.9. The second kappa shape index (κ2) is 10.7. The van der Waals surface area contributed by atoms with Crippen LogP contribution in [0.15, 0.2) is 94.9 Å². The number of sulfonamides is 1. The van der Waals surface area contributed by atoms with Crippen molar-refractivity contribution in [3.8, 4) is 11.5 Å². The van der Waals surface area contributed by atoms with Gasteiger partial charge in [-0.1, -0.05) is 60.1 Å². The number of hydrazone groups is 1. The number of hydrogen-bond donors (Lipinski definition) is 2. The summed E-state index contributed by atoms with van der Waals surface area (Å²) < 4.78 is 33.3. The molecule has 0 unspecified atom stereocenters. The molecule has 8 nitrogen and oxygen atoms in total. The molecule has 0 saturated heterocycles. The largest absolute Gasteiger partial charge is 0.507 e. The fourth-order valence-corrected chi connectivity index (χ4v) is 5.24. The normalized spacial score (nSPS) is 11.5. The van der Waals surface area contributed by atoms with E-state index in [2.05, 4.69) is 10.5 Å². The van der Waals surface area contributed by atoms with E-state index in [1.807, 2.05) is 24.3 Å². The summed E-state index contributed by atoms with van der Waals surface area (Å²) in [5.41, 5.74) is 2.85. The maximum atomic E-state index is 13.5. The molecule has 4 aromatic carbocycles. The Balaban J connectivity index is 1.64. The Labute approximate surface area is 213 Å². The average Bonchev–Trinajstić information content (AvgIpc) is 2.89. The molecule has 1 amide bonds. The number of ether oxygens (including phenoxy) is 1. The second-order valence-electron chi connectivity index (χ2n) is 7.65. The Hall–Kier alpha value is -4.08. The quantitative estimate of drug-likeness (QED) is 0.260. The average molecular weight is 524 g/mol. The third kappa shape index (κ3) is 5.27. The molecule has 0 radical (unpaired) electrons. The van der Waals surface area contributed by atoms with Gasteiger partial charge in [0.05, 0.1) is 23.9 Å². The molecule has 0 spiro atoms. The van der Waals surface area contributed by atoms with Gasteiger partial charge in [-0.05, 0) is 47.2 Å². The van der Waals surface area contributed by atoms with Gasteiger partial charge < -0.3 is 9.84 Å². The zero-order chi connectivity index (χ0) is 25.7. The molecular weight excluding hydrogens is 502 g/mol. The number of nitrogens with one attached hydrogen (secondary N) is 1. The Morgan fingerprint density at radius 1 is 1.06 bits per heavy atom. The number of hydrogen-bond acceptors (Lipinski definition) is 6. The van der Waals surface area contributed by atoms with E-state index in [0.717, 1.165) is 15.1 Å². The first-order valence-corrected chi connectivity index (χ1v) is 12.6. The highest BCUT2D eigenvalue weighted by Gasteiger charge is 2.29. The summed E-state index contributed by atoms with van der Waals surface area (Å²) >= 11 is 6.14. The van der Waals surface area contributed by atoms with Gasteiger partial charge in [-0.2, -0.15) is 5.10 Å². The molecule has 2 N–H and O–H groups in total. The predicted molar refractivity (Wildman–Crippen MR) is 140 cm³/mol. The summed E-state index contributed by atoms with van der Waals surface area (Å²) in [5, 5.41) is 16.1. The highest BCUT2D eigenvalue weighted by atomic mass is 35.5. The fraction of sp³-hybridized carbons (Fsp3) is 0.0769. The monoisotopic (exact) mass is 523 g/mol. The van der Waals surface area contributed by atoms with Gasteiger partial charge in [-0.3, -0.25) is 9.10 Å². The minimum Gasteiger partial charge on any atom is -0.507 e. The third-order valence-electron chi connectivity index (χ3n) is 5.36. The maximum Gasteiger partial charge on any atom is 0.264 e. The van der Waals surface area contributed by atoms with Crippen LogP contribution in [0.4, 0.5) is 5.69 Å². The molecule has 0 bridgehead atoms. The lowest BCUT2D eigenvalue weighted by Crippen LogP contribution is -2.39. The van der Waals surface area contributed by atoms with E-state index in [1.54, 1.807) is 30.3 Å². The number of phenolic OH excluding ortho intramolecular Hbond substituents is 1. The Morgan fingerprint density at radius 3 is 2.53 bits per heavy atom. The number of rotatable bonds is 8. The van der Waals surface area contributed by atoms with E-state index in [0.29, 0.717) is 5.56 Å². The van der Waals surface area contributed by atoms with Gasteiger partial charge in [0.15, 0.2) is 0 Å². The van der Waals surface area contributed by atoms with Gasteiger partial charge in [-0.25, -0.2) is 13.8 Å². The van der Waals surface area contributed by atoms with Crippen LogP contribution in [0.3, 0.4) is 0 Å². The van der Waals surface area contributed by atoms with Crippen LogP contribution in [0.2, 0.25) is 5.02 Å². The van der Waals surface area contributed by atoms with E-state index in [-0.39, 0.29) is 27.1 Å². The van der Waals surface area contributed by atoms with Gasteiger partial charge in [0, 0.05) is 10.6 Å². The van der Waals surface area contributed by atoms with Crippen molar-refractivity contribution >= 4 is 50.2 Å². The summed E-state index contributed by atoms with van der Waals surface area (Å²) in [4.78, 5) is 12.9. The van der Waals surface area contributed by atoms with Crippen LogP contribution in [0, 0.1) is 0 Å². The number of amides is 1. The van der Waals surface area contributed by atoms with Crippen LogP contribution in [0.5, 0.6) is 11.5 Å². The summed E-state index contributed by atoms with van der Waals surface area (Å²) in [6.45, 7) is -0.604. The van der Waals surface area contributed by atoms with Gasteiger partial charge in [0.25, 0.3) is 15.9 Å². The number of carbonyl (C=O) groups excluding carboxylic acids is 1. The van der Waals surface area contributed by atoms with Crippen molar-refractivity contribution in [1.82, 2.24) is 5.43 Å². The van der Waals surface area contributed by atoms with E-state index in [1.165, 1.54) is 43.7 Å². The number of methoxy groups -OCH3 is 1. The van der Waals surface area contributed by atoms with Crippen molar-refractivity contribution < 1.29 is 23.1 Å².